The van der Waals surface area contributed by atoms with Gasteiger partial charge in [0.2, 0.25) is 17.6 Å². The summed E-state index contributed by atoms with van der Waals surface area (Å²) in [5, 5.41) is 6.89. The second kappa shape index (κ2) is 6.30. The minimum atomic E-state index is -0.305. The van der Waals surface area contributed by atoms with Crippen molar-refractivity contribution in [1.82, 2.24) is 15.5 Å². The predicted octanol–water partition coefficient (Wildman–Crippen LogP) is 3.66. The third kappa shape index (κ3) is 4.41. The maximum Gasteiger partial charge on any atom is 0.249 e. The molecule has 0 saturated carbocycles. The molecule has 118 valence electrons. The number of carbonyl (C=O) groups is 1. The van der Waals surface area contributed by atoms with E-state index in [4.69, 9.17) is 4.52 Å². The number of aryl methyl sites for hydroxylation is 1. The van der Waals surface area contributed by atoms with Crippen molar-refractivity contribution in [2.24, 2.45) is 5.41 Å². The Kier molecular flexibility index (Phi) is 4.64. The Hall–Kier alpha value is -2.17. The largest absolute Gasteiger partial charge is 0.345 e. The summed E-state index contributed by atoms with van der Waals surface area (Å²) in [4.78, 5) is 16.3. The molecule has 2 aromatic rings. The van der Waals surface area contributed by atoms with Crippen molar-refractivity contribution in [2.75, 3.05) is 0 Å². The van der Waals surface area contributed by atoms with Crippen LogP contribution in [-0.2, 0) is 4.79 Å². The zero-order chi connectivity index (χ0) is 16.3. The van der Waals surface area contributed by atoms with Gasteiger partial charge in [-0.15, -0.1) is 0 Å². The first-order valence-corrected chi connectivity index (χ1v) is 7.44. The highest BCUT2D eigenvalue weighted by atomic mass is 16.5. The van der Waals surface area contributed by atoms with E-state index in [9.17, 15) is 4.79 Å². The Labute approximate surface area is 131 Å². The van der Waals surface area contributed by atoms with Gasteiger partial charge in [0.15, 0.2) is 0 Å². The predicted molar refractivity (Wildman–Crippen MR) is 85.1 cm³/mol. The second-order valence-corrected chi connectivity index (χ2v) is 6.85. The first kappa shape index (κ1) is 16.2. The van der Waals surface area contributed by atoms with Gasteiger partial charge in [-0.25, -0.2) is 0 Å². The molecule has 0 bridgehead atoms. The molecule has 2 rings (SSSR count). The Morgan fingerprint density at radius 3 is 2.73 bits per heavy atom. The smallest absolute Gasteiger partial charge is 0.249 e. The Morgan fingerprint density at radius 1 is 1.36 bits per heavy atom. The zero-order valence-electron chi connectivity index (χ0n) is 13.8. The van der Waals surface area contributed by atoms with Crippen molar-refractivity contribution in [3.05, 3.63) is 35.7 Å². The highest BCUT2D eigenvalue weighted by Crippen LogP contribution is 2.21. The highest BCUT2D eigenvalue weighted by Gasteiger charge is 2.21. The summed E-state index contributed by atoms with van der Waals surface area (Å²) in [7, 11) is 0. The fraction of sp³-hybridized carbons (Fsp3) is 0.471. The molecule has 1 amide bonds. The maximum absolute atomic E-state index is 12.0. The van der Waals surface area contributed by atoms with Crippen LogP contribution in [0.1, 0.15) is 51.6 Å². The van der Waals surface area contributed by atoms with Gasteiger partial charge in [0.05, 0.1) is 0 Å². The Balaban J connectivity index is 2.06. The van der Waals surface area contributed by atoms with E-state index in [-0.39, 0.29) is 17.4 Å². The summed E-state index contributed by atoms with van der Waals surface area (Å²) in [6.07, 6.45) is 0.455. The van der Waals surface area contributed by atoms with Crippen molar-refractivity contribution >= 4 is 5.91 Å². The van der Waals surface area contributed by atoms with Gasteiger partial charge in [0.1, 0.15) is 6.04 Å². The van der Waals surface area contributed by atoms with E-state index in [0.29, 0.717) is 18.1 Å². The molecule has 5 heteroatoms. The van der Waals surface area contributed by atoms with Crippen LogP contribution in [0.5, 0.6) is 0 Å². The third-order valence-electron chi connectivity index (χ3n) is 3.16. The van der Waals surface area contributed by atoms with E-state index >= 15 is 0 Å². The number of carbonyl (C=O) groups excluding carboxylic acids is 1. The van der Waals surface area contributed by atoms with E-state index in [1.807, 2.05) is 58.9 Å². The van der Waals surface area contributed by atoms with Crippen molar-refractivity contribution < 1.29 is 9.32 Å². The van der Waals surface area contributed by atoms with Crippen molar-refractivity contribution in [2.45, 2.75) is 47.1 Å². The summed E-state index contributed by atoms with van der Waals surface area (Å²) in [5.74, 6) is 0.935. The van der Waals surface area contributed by atoms with Crippen LogP contribution in [-0.4, -0.2) is 16.0 Å². The summed E-state index contributed by atoms with van der Waals surface area (Å²) < 4.78 is 5.28. The average Bonchev–Trinajstić information content (AvgIpc) is 2.85. The molecule has 0 saturated heterocycles. The standard InChI is InChI=1S/C17H23N3O2/c1-11-7-6-8-13(9-11)15-19-16(22-20-15)12(2)18-14(21)10-17(3,4)5/h6-9,12H,10H2,1-5H3,(H,18,21)/t12-/m1/s1. The molecule has 0 aliphatic rings. The lowest BCUT2D eigenvalue weighted by Crippen LogP contribution is -2.30. The van der Waals surface area contributed by atoms with Crippen molar-refractivity contribution in [1.29, 1.82) is 0 Å². The summed E-state index contributed by atoms with van der Waals surface area (Å²) in [5.41, 5.74) is 1.99. The average molecular weight is 301 g/mol. The topological polar surface area (TPSA) is 68.0 Å². The molecule has 0 radical (unpaired) electrons. The number of aromatic nitrogens is 2. The van der Waals surface area contributed by atoms with Crippen LogP contribution >= 0.6 is 0 Å². The lowest BCUT2D eigenvalue weighted by molar-refractivity contribution is -0.123. The van der Waals surface area contributed by atoms with Crippen LogP contribution in [0.2, 0.25) is 0 Å². The number of nitrogens with one attached hydrogen (secondary N) is 1. The van der Waals surface area contributed by atoms with E-state index in [1.165, 1.54) is 0 Å². The van der Waals surface area contributed by atoms with Crippen LogP contribution in [0.3, 0.4) is 0 Å². The van der Waals surface area contributed by atoms with Gasteiger partial charge in [0, 0.05) is 12.0 Å². The van der Waals surface area contributed by atoms with Crippen molar-refractivity contribution in [3.8, 4) is 11.4 Å². The molecule has 1 aromatic carbocycles. The molecule has 1 aromatic heterocycles. The van der Waals surface area contributed by atoms with Gasteiger partial charge < -0.3 is 9.84 Å². The molecule has 0 unspecified atom stereocenters. The number of nitrogens with zero attached hydrogens (tertiary/aromatic N) is 2. The maximum atomic E-state index is 12.0. The van der Waals surface area contributed by atoms with Gasteiger partial charge in [-0.05, 0) is 25.3 Å². The van der Waals surface area contributed by atoms with E-state index in [1.54, 1.807) is 0 Å². The molecule has 1 N–H and O–H groups in total. The minimum absolute atomic E-state index is 0.0182. The van der Waals surface area contributed by atoms with Gasteiger partial charge in [-0.3, -0.25) is 4.79 Å². The first-order chi connectivity index (χ1) is 10.2. The molecule has 0 aliphatic carbocycles. The van der Waals surface area contributed by atoms with E-state index < -0.39 is 0 Å². The summed E-state index contributed by atoms with van der Waals surface area (Å²) in [6.45, 7) is 9.94. The van der Waals surface area contributed by atoms with Crippen LogP contribution in [0.25, 0.3) is 11.4 Å². The molecule has 1 heterocycles. The molecule has 22 heavy (non-hydrogen) atoms. The third-order valence-corrected chi connectivity index (χ3v) is 3.16. The van der Waals surface area contributed by atoms with Crippen LogP contribution in [0.4, 0.5) is 0 Å². The van der Waals surface area contributed by atoms with Crippen molar-refractivity contribution in [3.63, 3.8) is 0 Å². The Morgan fingerprint density at radius 2 is 2.09 bits per heavy atom. The monoisotopic (exact) mass is 301 g/mol. The van der Waals surface area contributed by atoms with E-state index in [0.717, 1.165) is 11.1 Å². The highest BCUT2D eigenvalue weighted by molar-refractivity contribution is 5.76. The molecule has 0 spiro atoms. The fourth-order valence-electron chi connectivity index (χ4n) is 2.15. The summed E-state index contributed by atoms with van der Waals surface area (Å²) >= 11 is 0. The molecule has 0 fully saturated rings. The van der Waals surface area contributed by atoms with Gasteiger partial charge >= 0.3 is 0 Å². The van der Waals surface area contributed by atoms with Crippen LogP contribution in [0.15, 0.2) is 28.8 Å². The zero-order valence-corrected chi connectivity index (χ0v) is 13.8. The first-order valence-electron chi connectivity index (χ1n) is 7.44. The lowest BCUT2D eigenvalue weighted by Gasteiger charge is -2.18. The number of benzene rings is 1. The Bertz CT molecular complexity index is 656. The van der Waals surface area contributed by atoms with Gasteiger partial charge in [-0.2, -0.15) is 4.98 Å². The molecule has 5 nitrogen and oxygen atoms in total. The second-order valence-electron chi connectivity index (χ2n) is 6.85. The number of hydrogen-bond donors (Lipinski definition) is 1. The fourth-order valence-corrected chi connectivity index (χ4v) is 2.15. The van der Waals surface area contributed by atoms with Gasteiger partial charge in [0.25, 0.3) is 0 Å². The van der Waals surface area contributed by atoms with Crippen LogP contribution < -0.4 is 5.32 Å². The van der Waals surface area contributed by atoms with Gasteiger partial charge in [-0.1, -0.05) is 49.7 Å². The quantitative estimate of drug-likeness (QED) is 0.935. The number of hydrogen-bond acceptors (Lipinski definition) is 4. The number of rotatable bonds is 4. The van der Waals surface area contributed by atoms with E-state index in [2.05, 4.69) is 15.5 Å². The SMILES string of the molecule is Cc1cccc(-c2noc([C@@H](C)NC(=O)CC(C)(C)C)n2)c1. The normalized spacial score (nSPS) is 13.0. The molecule has 0 aliphatic heterocycles. The van der Waals surface area contributed by atoms with Crippen LogP contribution in [0, 0.1) is 12.3 Å². The molecule has 1 atom stereocenters. The summed E-state index contributed by atoms with van der Waals surface area (Å²) in [6, 6.07) is 7.60. The molecular weight excluding hydrogens is 278 g/mol. The lowest BCUT2D eigenvalue weighted by atomic mass is 9.92. The number of amides is 1. The minimum Gasteiger partial charge on any atom is -0.345 e. The molecular formula is C17H23N3O2.